The Balaban J connectivity index is 0. The van der Waals surface area contributed by atoms with Crippen molar-refractivity contribution < 1.29 is 1.37 Å². The minimum Gasteiger partial charge on any atom is -0.0683 e. The van der Waals surface area contributed by atoms with Crippen LogP contribution in [0.25, 0.3) is 0 Å². The quantitative estimate of drug-likeness (QED) is 0.402. The molecule has 0 spiro atoms. The van der Waals surface area contributed by atoms with Gasteiger partial charge in [0.25, 0.3) is 0 Å². The third kappa shape index (κ3) is 0. The van der Waals surface area contributed by atoms with Crippen LogP contribution in [0.5, 0.6) is 0 Å². The van der Waals surface area contributed by atoms with Crippen molar-refractivity contribution in [3.63, 3.8) is 0 Å². The van der Waals surface area contributed by atoms with Gasteiger partial charge in [-0.3, -0.25) is 0 Å². The second-order valence-corrected chi connectivity index (χ2v) is 0. The lowest BCUT2D eigenvalue weighted by atomic mass is 11.0. The molecule has 28 valence electrons. The lowest BCUT2D eigenvalue weighted by Gasteiger charge is -1.07. The van der Waals surface area contributed by atoms with Crippen LogP contribution in [-0.4, -0.2) is 0 Å². The molecule has 0 saturated heterocycles. The van der Waals surface area contributed by atoms with Gasteiger partial charge in [-0.15, -0.1) is 0 Å². The zero-order valence-corrected chi connectivity index (χ0v) is 3.71. The summed E-state index contributed by atoms with van der Waals surface area (Å²) in [7, 11) is 0. The summed E-state index contributed by atoms with van der Waals surface area (Å²) in [6.45, 7) is 6.29. The predicted molar refractivity (Wildman–Crippen MR) is 22.7 cm³/mol. The average molecular weight is 61.1 g/mol. The van der Waals surface area contributed by atoms with Crippen LogP contribution < -0.4 is 0 Å². The Morgan fingerprint density at radius 3 is 1.25 bits per heavy atom. The van der Waals surface area contributed by atoms with Gasteiger partial charge in [-0.2, -0.15) is 0 Å². The summed E-state index contributed by atoms with van der Waals surface area (Å²) < 4.78 is 6.21. The summed E-state index contributed by atoms with van der Waals surface area (Å²) in [4.78, 5) is 0. The Kier molecular flexibility index (Phi) is 0. The van der Waals surface area contributed by atoms with E-state index in [0.29, 0.717) is 6.90 Å². The topological polar surface area (TPSA) is 0 Å². The van der Waals surface area contributed by atoms with Crippen LogP contribution in [0.1, 0.15) is 29.0 Å². The monoisotopic (exact) mass is 61.1 g/mol. The minimum absolute atomic E-state index is 0.500. The summed E-state index contributed by atoms with van der Waals surface area (Å²) in [6.07, 6.45) is 0. The first kappa shape index (κ1) is 4.00. The van der Waals surface area contributed by atoms with Gasteiger partial charge in [-0.1, -0.05) is 27.7 Å². The molecule has 0 aliphatic rings. The van der Waals surface area contributed by atoms with Crippen LogP contribution in [0.2, 0.25) is 0 Å². The molecule has 0 heteroatoms. The van der Waals surface area contributed by atoms with E-state index in [2.05, 4.69) is 0 Å². The molecule has 0 radical (unpaired) electrons. The average Bonchev–Trinajstić information content (AvgIpc) is 1.46. The Morgan fingerprint density at radius 1 is 1.25 bits per heavy atom. The number of hydrogen-bond donors (Lipinski definition) is 0. The molecule has 0 saturated carbocycles. The molecule has 0 rings (SSSR count). The third-order valence-electron chi connectivity index (χ3n) is 0. The SMILES string of the molecule is CC.[2H]CC. The molecule has 0 bridgehead atoms. The molecule has 0 aliphatic heterocycles. The molecule has 0 aliphatic carbocycles. The summed E-state index contributed by atoms with van der Waals surface area (Å²) in [5.41, 5.74) is 0. The zero-order chi connectivity index (χ0) is 4.71. The van der Waals surface area contributed by atoms with Gasteiger partial charge in [0.05, 0.1) is 0 Å². The predicted octanol–water partition coefficient (Wildman–Crippen LogP) is 2.05. The minimum atomic E-state index is 0.500. The first-order valence-corrected chi connectivity index (χ1v) is 1.71. The molecule has 0 atom stereocenters. The highest BCUT2D eigenvalue weighted by molar-refractivity contribution is 3.51. The summed E-state index contributed by atoms with van der Waals surface area (Å²) >= 11 is 0. The van der Waals surface area contributed by atoms with Crippen molar-refractivity contribution in [3.05, 3.63) is 0 Å². The summed E-state index contributed by atoms with van der Waals surface area (Å²) in [5, 5.41) is 0. The standard InChI is InChI=1S/2C2H6/c2*1-2/h2*1-2H3/i1D;. The number of rotatable bonds is 0. The van der Waals surface area contributed by atoms with E-state index in [1.165, 1.54) is 0 Å². The van der Waals surface area contributed by atoms with E-state index >= 15 is 0 Å². The smallest absolute Gasteiger partial charge is 0.0228 e. The maximum absolute atomic E-state index is 6.21. The lowest BCUT2D eigenvalue weighted by Crippen LogP contribution is -0.856. The molecular formula is C4H12. The van der Waals surface area contributed by atoms with Crippen molar-refractivity contribution >= 4 is 0 Å². The molecular weight excluding hydrogens is 48.0 g/mol. The van der Waals surface area contributed by atoms with E-state index in [4.69, 9.17) is 1.37 Å². The highest BCUT2D eigenvalue weighted by Crippen LogP contribution is 1.15. The van der Waals surface area contributed by atoms with Crippen molar-refractivity contribution in [2.75, 3.05) is 0 Å². The Bertz CT molecular complexity index is 3.61. The molecule has 0 N–H and O–H groups in total. The van der Waals surface area contributed by atoms with E-state index in [0.717, 1.165) is 0 Å². The molecule has 0 heterocycles. The van der Waals surface area contributed by atoms with Crippen LogP contribution in [0.4, 0.5) is 0 Å². The second-order valence-electron chi connectivity index (χ2n) is 0. The molecule has 0 aromatic heterocycles. The fraction of sp³-hybridized carbons (Fsp3) is 1.00. The Labute approximate surface area is 30.2 Å². The van der Waals surface area contributed by atoms with Gasteiger partial charge < -0.3 is 0 Å². The van der Waals surface area contributed by atoms with Crippen molar-refractivity contribution in [3.8, 4) is 0 Å². The van der Waals surface area contributed by atoms with E-state index in [-0.39, 0.29) is 0 Å². The number of hydrogen-bond acceptors (Lipinski definition) is 0. The zero-order valence-electron chi connectivity index (χ0n) is 4.71. The second kappa shape index (κ2) is 0. The Hall–Kier alpha value is 0. The van der Waals surface area contributed by atoms with Crippen molar-refractivity contribution in [1.29, 1.82) is 0 Å². The molecule has 0 nitrogen and oxygen atoms in total. The molecule has 0 amide bonds. The van der Waals surface area contributed by atoms with E-state index in [1.54, 1.807) is 6.92 Å². The lowest BCUT2D eigenvalue weighted by molar-refractivity contribution is 1.50. The maximum Gasteiger partial charge on any atom is 0.0228 e. The first-order valence-electron chi connectivity index (χ1n) is 2.41. The fourth-order valence-corrected chi connectivity index (χ4v) is 0. The van der Waals surface area contributed by atoms with Gasteiger partial charge >= 0.3 is 0 Å². The molecule has 0 aromatic carbocycles. The van der Waals surface area contributed by atoms with Gasteiger partial charge in [-0.05, 0) is 0 Å². The van der Waals surface area contributed by atoms with Crippen molar-refractivity contribution in [1.82, 2.24) is 0 Å². The molecule has 4 heavy (non-hydrogen) atoms. The highest BCUT2D eigenvalue weighted by atomic mass is 13.0. The fourth-order valence-electron chi connectivity index (χ4n) is 0. The maximum atomic E-state index is 6.21. The largest absolute Gasteiger partial charge is 0.0683 e. The van der Waals surface area contributed by atoms with Crippen molar-refractivity contribution in [2.24, 2.45) is 0 Å². The van der Waals surface area contributed by atoms with Gasteiger partial charge in [0.1, 0.15) is 0 Å². The molecule has 0 unspecified atom stereocenters. The van der Waals surface area contributed by atoms with Gasteiger partial charge in [-0.25, -0.2) is 0 Å². The first-order chi connectivity index (χ1) is 2.41. The normalized spacial score (nSPS) is 6.25. The van der Waals surface area contributed by atoms with Crippen LogP contribution in [0.3, 0.4) is 0 Å². The van der Waals surface area contributed by atoms with Crippen LogP contribution in [0.15, 0.2) is 0 Å². The summed E-state index contributed by atoms with van der Waals surface area (Å²) in [6, 6.07) is 0. The van der Waals surface area contributed by atoms with E-state index < -0.39 is 0 Å². The Morgan fingerprint density at radius 2 is 1.25 bits per heavy atom. The van der Waals surface area contributed by atoms with Crippen molar-refractivity contribution in [2.45, 2.75) is 27.7 Å². The van der Waals surface area contributed by atoms with Crippen LogP contribution in [0, 0.1) is 0 Å². The van der Waals surface area contributed by atoms with E-state index in [1.807, 2.05) is 13.8 Å². The molecule has 0 aromatic rings. The van der Waals surface area contributed by atoms with Gasteiger partial charge in [0, 0.05) is 1.37 Å². The highest BCUT2D eigenvalue weighted by Gasteiger charge is 0.934. The van der Waals surface area contributed by atoms with Crippen LogP contribution in [-0.2, 0) is 0 Å². The summed E-state index contributed by atoms with van der Waals surface area (Å²) in [5.74, 6) is 0. The molecule has 0 fully saturated rings. The van der Waals surface area contributed by atoms with E-state index in [9.17, 15) is 0 Å². The third-order valence-corrected chi connectivity index (χ3v) is 0. The van der Waals surface area contributed by atoms with Crippen LogP contribution >= 0.6 is 0 Å². The van der Waals surface area contributed by atoms with Gasteiger partial charge in [0.2, 0.25) is 0 Å². The van der Waals surface area contributed by atoms with Gasteiger partial charge in [0.15, 0.2) is 0 Å².